The van der Waals surface area contributed by atoms with Crippen LogP contribution in [0.2, 0.25) is 0 Å². The van der Waals surface area contributed by atoms with Crippen molar-refractivity contribution in [3.63, 3.8) is 0 Å². The van der Waals surface area contributed by atoms with Crippen molar-refractivity contribution in [3.05, 3.63) is 52.8 Å². The number of aromatic nitrogens is 2. The monoisotopic (exact) mass is 245 g/mol. The molecule has 1 aromatic heterocycles. The molecule has 2 N–H and O–H groups in total. The van der Waals surface area contributed by atoms with E-state index in [1.54, 1.807) is 0 Å². The number of hydrogen-bond donors (Lipinski definition) is 1. The van der Waals surface area contributed by atoms with Gasteiger partial charge in [0.25, 0.3) is 0 Å². The Morgan fingerprint density at radius 2 is 1.94 bits per heavy atom. The third-order valence-corrected chi connectivity index (χ3v) is 3.06. The van der Waals surface area contributed by atoms with Gasteiger partial charge in [-0.05, 0) is 19.4 Å². The molecule has 2 rings (SSSR count). The van der Waals surface area contributed by atoms with E-state index in [-0.39, 0.29) is 0 Å². The van der Waals surface area contributed by atoms with Gasteiger partial charge in [-0.3, -0.25) is 0 Å². The first kappa shape index (κ1) is 12.8. The minimum Gasteiger partial charge on any atom is -0.355 e. The Kier molecular flexibility index (Phi) is 4.12. The quantitative estimate of drug-likeness (QED) is 0.878. The SMILES string of the molecule is Cc1nn(COCc2ccccc2)c(C)c1CN. The zero-order valence-corrected chi connectivity index (χ0v) is 10.9. The average molecular weight is 245 g/mol. The van der Waals surface area contributed by atoms with Gasteiger partial charge in [0.2, 0.25) is 0 Å². The minimum absolute atomic E-state index is 0.460. The van der Waals surface area contributed by atoms with Crippen molar-refractivity contribution in [2.75, 3.05) is 0 Å². The molecule has 0 spiro atoms. The van der Waals surface area contributed by atoms with Crippen molar-refractivity contribution in [3.8, 4) is 0 Å². The number of rotatable bonds is 5. The Bertz CT molecular complexity index is 505. The van der Waals surface area contributed by atoms with E-state index in [4.69, 9.17) is 10.5 Å². The normalized spacial score (nSPS) is 10.8. The molecule has 0 bridgehead atoms. The smallest absolute Gasteiger partial charge is 0.140 e. The van der Waals surface area contributed by atoms with Gasteiger partial charge in [-0.2, -0.15) is 5.10 Å². The molecular weight excluding hydrogens is 226 g/mol. The molecule has 4 heteroatoms. The Labute approximate surface area is 107 Å². The van der Waals surface area contributed by atoms with Crippen molar-refractivity contribution >= 4 is 0 Å². The summed E-state index contributed by atoms with van der Waals surface area (Å²) >= 11 is 0. The maximum atomic E-state index is 5.69. The van der Waals surface area contributed by atoms with Gasteiger partial charge in [0.1, 0.15) is 6.73 Å². The molecule has 1 heterocycles. The number of ether oxygens (including phenoxy) is 1. The first-order valence-electron chi connectivity index (χ1n) is 6.07. The summed E-state index contributed by atoms with van der Waals surface area (Å²) in [7, 11) is 0. The predicted octanol–water partition coefficient (Wildman–Crippen LogP) is 2.13. The van der Waals surface area contributed by atoms with E-state index in [0.717, 1.165) is 22.5 Å². The van der Waals surface area contributed by atoms with Gasteiger partial charge < -0.3 is 10.5 Å². The van der Waals surface area contributed by atoms with E-state index in [0.29, 0.717) is 19.9 Å². The molecule has 96 valence electrons. The van der Waals surface area contributed by atoms with Crippen molar-refractivity contribution in [2.45, 2.75) is 33.7 Å². The molecule has 0 radical (unpaired) electrons. The molecule has 0 fully saturated rings. The second-order valence-corrected chi connectivity index (χ2v) is 4.32. The zero-order valence-electron chi connectivity index (χ0n) is 10.9. The number of hydrogen-bond acceptors (Lipinski definition) is 3. The third-order valence-electron chi connectivity index (χ3n) is 3.06. The fraction of sp³-hybridized carbons (Fsp3) is 0.357. The molecule has 0 amide bonds. The van der Waals surface area contributed by atoms with E-state index in [9.17, 15) is 0 Å². The number of aryl methyl sites for hydroxylation is 1. The van der Waals surface area contributed by atoms with Crippen LogP contribution in [0, 0.1) is 13.8 Å². The van der Waals surface area contributed by atoms with E-state index in [1.165, 1.54) is 0 Å². The van der Waals surface area contributed by atoms with Crippen LogP contribution in [0.4, 0.5) is 0 Å². The van der Waals surface area contributed by atoms with Gasteiger partial charge >= 0.3 is 0 Å². The standard InChI is InChI=1S/C14H19N3O/c1-11-14(8-15)12(2)17(16-11)10-18-9-13-6-4-3-5-7-13/h3-7H,8-10,15H2,1-2H3. The lowest BCUT2D eigenvalue weighted by Gasteiger charge is -2.06. The van der Waals surface area contributed by atoms with E-state index in [2.05, 4.69) is 5.10 Å². The maximum absolute atomic E-state index is 5.69. The number of nitrogens with zero attached hydrogens (tertiary/aromatic N) is 2. The molecule has 0 aliphatic heterocycles. The second-order valence-electron chi connectivity index (χ2n) is 4.32. The Morgan fingerprint density at radius 3 is 2.56 bits per heavy atom. The van der Waals surface area contributed by atoms with Crippen LogP contribution in [0.5, 0.6) is 0 Å². The summed E-state index contributed by atoms with van der Waals surface area (Å²) in [5.41, 5.74) is 10.0. The first-order chi connectivity index (χ1) is 8.72. The van der Waals surface area contributed by atoms with Gasteiger partial charge in [0, 0.05) is 17.8 Å². The Balaban J connectivity index is 1.95. The van der Waals surface area contributed by atoms with Crippen LogP contribution >= 0.6 is 0 Å². The highest BCUT2D eigenvalue weighted by Crippen LogP contribution is 2.12. The lowest BCUT2D eigenvalue weighted by molar-refractivity contribution is 0.0546. The molecule has 0 aliphatic carbocycles. The minimum atomic E-state index is 0.460. The average Bonchev–Trinajstić information content (AvgIpc) is 2.65. The van der Waals surface area contributed by atoms with Crippen LogP contribution < -0.4 is 5.73 Å². The predicted molar refractivity (Wildman–Crippen MR) is 70.8 cm³/mol. The summed E-state index contributed by atoms with van der Waals surface area (Å²) in [6, 6.07) is 10.1. The Morgan fingerprint density at radius 1 is 1.22 bits per heavy atom. The molecule has 0 atom stereocenters. The summed E-state index contributed by atoms with van der Waals surface area (Å²) in [5, 5.41) is 4.42. The summed E-state index contributed by atoms with van der Waals surface area (Å²) in [6.45, 7) is 5.58. The van der Waals surface area contributed by atoms with Gasteiger partial charge in [0.05, 0.1) is 12.3 Å². The van der Waals surface area contributed by atoms with Crippen molar-refractivity contribution in [2.24, 2.45) is 5.73 Å². The molecule has 0 saturated heterocycles. The number of benzene rings is 1. The first-order valence-corrected chi connectivity index (χ1v) is 6.07. The van der Waals surface area contributed by atoms with Crippen LogP contribution in [0.25, 0.3) is 0 Å². The summed E-state index contributed by atoms with van der Waals surface area (Å²) in [5.74, 6) is 0. The summed E-state index contributed by atoms with van der Waals surface area (Å²) < 4.78 is 7.52. The second kappa shape index (κ2) is 5.80. The summed E-state index contributed by atoms with van der Waals surface area (Å²) in [4.78, 5) is 0. The van der Waals surface area contributed by atoms with Crippen LogP contribution in [0.1, 0.15) is 22.5 Å². The Hall–Kier alpha value is -1.65. The highest BCUT2D eigenvalue weighted by molar-refractivity contribution is 5.23. The fourth-order valence-corrected chi connectivity index (χ4v) is 1.98. The third kappa shape index (κ3) is 2.78. The highest BCUT2D eigenvalue weighted by Gasteiger charge is 2.09. The lowest BCUT2D eigenvalue weighted by Crippen LogP contribution is -2.07. The van der Waals surface area contributed by atoms with E-state index in [1.807, 2.05) is 48.9 Å². The highest BCUT2D eigenvalue weighted by atomic mass is 16.5. The molecule has 1 aromatic carbocycles. The van der Waals surface area contributed by atoms with Crippen molar-refractivity contribution < 1.29 is 4.74 Å². The van der Waals surface area contributed by atoms with Gasteiger partial charge in [0.15, 0.2) is 0 Å². The van der Waals surface area contributed by atoms with E-state index < -0.39 is 0 Å². The molecule has 0 saturated carbocycles. The van der Waals surface area contributed by atoms with Crippen molar-refractivity contribution in [1.29, 1.82) is 0 Å². The molecule has 0 unspecified atom stereocenters. The van der Waals surface area contributed by atoms with Gasteiger partial charge in [-0.1, -0.05) is 30.3 Å². The maximum Gasteiger partial charge on any atom is 0.140 e. The zero-order chi connectivity index (χ0) is 13.0. The van der Waals surface area contributed by atoms with E-state index >= 15 is 0 Å². The van der Waals surface area contributed by atoms with Crippen molar-refractivity contribution in [1.82, 2.24) is 9.78 Å². The topological polar surface area (TPSA) is 53.1 Å². The molecular formula is C14H19N3O. The molecule has 18 heavy (non-hydrogen) atoms. The van der Waals surface area contributed by atoms with Gasteiger partial charge in [-0.25, -0.2) is 4.68 Å². The van der Waals surface area contributed by atoms with Crippen LogP contribution in [-0.2, 0) is 24.6 Å². The largest absolute Gasteiger partial charge is 0.355 e. The molecule has 0 aliphatic rings. The van der Waals surface area contributed by atoms with Crippen LogP contribution in [0.15, 0.2) is 30.3 Å². The van der Waals surface area contributed by atoms with Gasteiger partial charge in [-0.15, -0.1) is 0 Å². The molecule has 4 nitrogen and oxygen atoms in total. The summed E-state index contributed by atoms with van der Waals surface area (Å²) in [6.07, 6.45) is 0. The van der Waals surface area contributed by atoms with Crippen LogP contribution in [-0.4, -0.2) is 9.78 Å². The fourth-order valence-electron chi connectivity index (χ4n) is 1.98. The van der Waals surface area contributed by atoms with Crippen LogP contribution in [0.3, 0.4) is 0 Å². The lowest BCUT2D eigenvalue weighted by atomic mass is 10.2. The number of nitrogens with two attached hydrogens (primary N) is 1. The molecule has 2 aromatic rings.